The molecule has 3 heteroatoms. The molecule has 1 N–H and O–H groups in total. The third kappa shape index (κ3) is 6.61. The molecule has 126 valence electrons. The van der Waals surface area contributed by atoms with Crippen LogP contribution < -0.4 is 5.32 Å². The zero-order valence-electron chi connectivity index (χ0n) is 15.4. The molecule has 1 atom stereocenters. The van der Waals surface area contributed by atoms with Crippen molar-refractivity contribution < 1.29 is 0 Å². The minimum absolute atomic E-state index is 0.624. The maximum Gasteiger partial charge on any atom is 0.136 e. The SMILES string of the molecule is CC.CC.CC.c1ccn2cc(C[C@@H]3CCCCN3)nc2c1. The topological polar surface area (TPSA) is 29.3 Å². The molecule has 1 aliphatic rings. The van der Waals surface area contributed by atoms with Gasteiger partial charge in [-0.3, -0.25) is 0 Å². The van der Waals surface area contributed by atoms with E-state index in [0.717, 1.165) is 18.6 Å². The van der Waals surface area contributed by atoms with E-state index in [1.807, 2.05) is 53.7 Å². The Morgan fingerprint density at radius 1 is 1.09 bits per heavy atom. The van der Waals surface area contributed by atoms with Gasteiger partial charge in [0.15, 0.2) is 0 Å². The Hall–Kier alpha value is -1.35. The van der Waals surface area contributed by atoms with Gasteiger partial charge >= 0.3 is 0 Å². The summed E-state index contributed by atoms with van der Waals surface area (Å²) in [5.74, 6) is 0. The van der Waals surface area contributed by atoms with Gasteiger partial charge in [0.1, 0.15) is 5.65 Å². The van der Waals surface area contributed by atoms with Gasteiger partial charge in [0.05, 0.1) is 5.69 Å². The lowest BCUT2D eigenvalue weighted by molar-refractivity contribution is 0.397. The molecule has 1 aliphatic heterocycles. The molecule has 1 fully saturated rings. The molecule has 3 heterocycles. The molecular formula is C19H35N3. The molecule has 3 rings (SSSR count). The summed E-state index contributed by atoms with van der Waals surface area (Å²) in [6.07, 6.45) is 9.22. The molecule has 0 spiro atoms. The number of imidazole rings is 1. The lowest BCUT2D eigenvalue weighted by Gasteiger charge is -2.22. The first-order chi connectivity index (χ1) is 10.9. The Labute approximate surface area is 137 Å². The van der Waals surface area contributed by atoms with Crippen LogP contribution in [0.2, 0.25) is 0 Å². The van der Waals surface area contributed by atoms with Gasteiger partial charge in [-0.2, -0.15) is 0 Å². The van der Waals surface area contributed by atoms with Crippen molar-refractivity contribution in [2.75, 3.05) is 6.54 Å². The average Bonchev–Trinajstić information content (AvgIpc) is 3.03. The fraction of sp³-hybridized carbons (Fsp3) is 0.632. The van der Waals surface area contributed by atoms with Gasteiger partial charge in [-0.25, -0.2) is 4.98 Å². The first-order valence-electron chi connectivity index (χ1n) is 9.08. The zero-order valence-corrected chi connectivity index (χ0v) is 15.4. The minimum Gasteiger partial charge on any atom is -0.314 e. The van der Waals surface area contributed by atoms with Crippen molar-refractivity contribution in [3.8, 4) is 0 Å². The van der Waals surface area contributed by atoms with Gasteiger partial charge in [0.2, 0.25) is 0 Å². The van der Waals surface area contributed by atoms with E-state index in [1.165, 1.54) is 25.0 Å². The molecule has 0 aromatic carbocycles. The van der Waals surface area contributed by atoms with Crippen molar-refractivity contribution in [3.05, 3.63) is 36.3 Å². The molecule has 0 aliphatic carbocycles. The third-order valence-electron chi connectivity index (χ3n) is 3.28. The Morgan fingerprint density at radius 2 is 1.82 bits per heavy atom. The summed E-state index contributed by atoms with van der Waals surface area (Å²) in [7, 11) is 0. The van der Waals surface area contributed by atoms with Gasteiger partial charge in [0, 0.05) is 24.9 Å². The van der Waals surface area contributed by atoms with Crippen LogP contribution in [0.25, 0.3) is 5.65 Å². The molecule has 2 aromatic heterocycles. The lowest BCUT2D eigenvalue weighted by atomic mass is 10.0. The van der Waals surface area contributed by atoms with E-state index < -0.39 is 0 Å². The summed E-state index contributed by atoms with van der Waals surface area (Å²) < 4.78 is 2.10. The van der Waals surface area contributed by atoms with Crippen molar-refractivity contribution in [2.45, 2.75) is 73.3 Å². The zero-order chi connectivity index (χ0) is 16.8. The number of aromatic nitrogens is 2. The number of hydrogen-bond donors (Lipinski definition) is 1. The summed E-state index contributed by atoms with van der Waals surface area (Å²) in [5.41, 5.74) is 2.25. The Kier molecular flexibility index (Phi) is 12.5. The second kappa shape index (κ2) is 13.3. The number of nitrogens with zero attached hydrogens (tertiary/aromatic N) is 2. The first kappa shape index (κ1) is 20.6. The van der Waals surface area contributed by atoms with Crippen LogP contribution >= 0.6 is 0 Å². The van der Waals surface area contributed by atoms with Crippen LogP contribution in [0, 0.1) is 0 Å². The van der Waals surface area contributed by atoms with Crippen molar-refractivity contribution in [1.82, 2.24) is 14.7 Å². The van der Waals surface area contributed by atoms with E-state index in [9.17, 15) is 0 Å². The highest BCUT2D eigenvalue weighted by Gasteiger charge is 2.14. The van der Waals surface area contributed by atoms with E-state index in [0.29, 0.717) is 6.04 Å². The second-order valence-electron chi connectivity index (χ2n) is 4.55. The Balaban J connectivity index is 0.000000661. The smallest absolute Gasteiger partial charge is 0.136 e. The Bertz CT molecular complexity index is 437. The molecule has 2 aromatic rings. The predicted molar refractivity (Wildman–Crippen MR) is 98.6 cm³/mol. The van der Waals surface area contributed by atoms with Gasteiger partial charge in [-0.1, -0.05) is 54.0 Å². The van der Waals surface area contributed by atoms with Crippen molar-refractivity contribution in [2.24, 2.45) is 0 Å². The molecular weight excluding hydrogens is 270 g/mol. The van der Waals surface area contributed by atoms with Crippen LogP contribution in [-0.4, -0.2) is 22.0 Å². The standard InChI is InChI=1S/C13H17N3.3C2H6/c1-3-7-14-11(5-1)9-12-10-16-8-4-2-6-13(16)15-12;3*1-2/h2,4,6,8,10-11,14H,1,3,5,7,9H2;3*1-2H3/t11-;;;/m0.../s1. The number of pyridine rings is 1. The molecule has 0 radical (unpaired) electrons. The van der Waals surface area contributed by atoms with Crippen LogP contribution in [0.5, 0.6) is 0 Å². The molecule has 22 heavy (non-hydrogen) atoms. The van der Waals surface area contributed by atoms with Gasteiger partial charge in [-0.15, -0.1) is 0 Å². The minimum atomic E-state index is 0.624. The molecule has 3 nitrogen and oxygen atoms in total. The van der Waals surface area contributed by atoms with Crippen LogP contribution in [-0.2, 0) is 6.42 Å². The Morgan fingerprint density at radius 3 is 2.41 bits per heavy atom. The molecule has 0 bridgehead atoms. The van der Waals surface area contributed by atoms with Crippen LogP contribution in [0.3, 0.4) is 0 Å². The maximum absolute atomic E-state index is 4.63. The van der Waals surface area contributed by atoms with E-state index >= 15 is 0 Å². The quantitative estimate of drug-likeness (QED) is 0.836. The summed E-state index contributed by atoms with van der Waals surface area (Å²) in [5, 5.41) is 3.56. The summed E-state index contributed by atoms with van der Waals surface area (Å²) in [4.78, 5) is 4.63. The fourth-order valence-corrected chi connectivity index (χ4v) is 2.44. The summed E-state index contributed by atoms with van der Waals surface area (Å²) in [6.45, 7) is 13.2. The fourth-order valence-electron chi connectivity index (χ4n) is 2.44. The average molecular weight is 306 g/mol. The van der Waals surface area contributed by atoms with Crippen LogP contribution in [0.4, 0.5) is 0 Å². The van der Waals surface area contributed by atoms with E-state index in [1.54, 1.807) is 0 Å². The third-order valence-corrected chi connectivity index (χ3v) is 3.28. The van der Waals surface area contributed by atoms with Crippen LogP contribution in [0.1, 0.15) is 66.5 Å². The highest BCUT2D eigenvalue weighted by molar-refractivity contribution is 5.39. The molecule has 0 amide bonds. The summed E-state index contributed by atoms with van der Waals surface area (Å²) in [6, 6.07) is 6.75. The molecule has 0 saturated carbocycles. The maximum atomic E-state index is 4.63. The second-order valence-corrected chi connectivity index (χ2v) is 4.55. The van der Waals surface area contributed by atoms with E-state index in [-0.39, 0.29) is 0 Å². The number of fused-ring (bicyclic) bond motifs is 1. The van der Waals surface area contributed by atoms with Crippen molar-refractivity contribution in [3.63, 3.8) is 0 Å². The molecule has 0 unspecified atom stereocenters. The van der Waals surface area contributed by atoms with Crippen molar-refractivity contribution >= 4 is 5.65 Å². The van der Waals surface area contributed by atoms with Gasteiger partial charge < -0.3 is 9.72 Å². The number of nitrogens with one attached hydrogen (secondary N) is 1. The molecule has 1 saturated heterocycles. The van der Waals surface area contributed by atoms with E-state index in [2.05, 4.69) is 33.2 Å². The highest BCUT2D eigenvalue weighted by Crippen LogP contribution is 2.13. The predicted octanol–water partition coefficient (Wildman–Crippen LogP) is 5.10. The van der Waals surface area contributed by atoms with Gasteiger partial charge in [-0.05, 0) is 31.5 Å². The summed E-state index contributed by atoms with van der Waals surface area (Å²) >= 11 is 0. The largest absolute Gasteiger partial charge is 0.314 e. The normalized spacial score (nSPS) is 16.4. The first-order valence-corrected chi connectivity index (χ1v) is 9.08. The lowest BCUT2D eigenvalue weighted by Crippen LogP contribution is -2.35. The van der Waals surface area contributed by atoms with E-state index in [4.69, 9.17) is 0 Å². The van der Waals surface area contributed by atoms with Crippen molar-refractivity contribution in [1.29, 1.82) is 0 Å². The number of rotatable bonds is 2. The highest BCUT2D eigenvalue weighted by atomic mass is 15.0. The van der Waals surface area contributed by atoms with Gasteiger partial charge in [0.25, 0.3) is 0 Å². The monoisotopic (exact) mass is 305 g/mol. The number of hydrogen-bond acceptors (Lipinski definition) is 2. The van der Waals surface area contributed by atoms with Crippen LogP contribution in [0.15, 0.2) is 30.6 Å². The number of piperidine rings is 1.